The molecule has 0 radical (unpaired) electrons. The van der Waals surface area contributed by atoms with Crippen molar-refractivity contribution < 1.29 is 30.0 Å². The Morgan fingerprint density at radius 3 is 1.93 bits per heavy atom. The number of hydrogen-bond acceptors (Lipinski definition) is 7. The lowest BCUT2D eigenvalue weighted by atomic mass is 9.80. The zero-order valence-electron chi connectivity index (χ0n) is 15.1. The number of hydrogen-bond donors (Lipinski definition) is 0. The predicted molar refractivity (Wildman–Crippen MR) is 102 cm³/mol. The van der Waals surface area contributed by atoms with Crippen LogP contribution in [-0.2, 0) is 33.4 Å². The Balaban J connectivity index is 2.18. The van der Waals surface area contributed by atoms with Crippen LogP contribution in [0.5, 0.6) is 0 Å². The number of anilines is 1. The van der Waals surface area contributed by atoms with Crippen molar-refractivity contribution >= 4 is 43.4 Å². The van der Waals surface area contributed by atoms with Crippen LogP contribution in [0.15, 0.2) is 24.3 Å². The molecule has 0 bridgehead atoms. The molecule has 2 rings (SSSR count). The maximum atomic E-state index is 13.1. The molecule has 0 aromatic heterocycles. The molecule has 0 saturated carbocycles. The molecule has 11 heteroatoms. The highest BCUT2D eigenvalue weighted by Gasteiger charge is 2.46. The largest absolute Gasteiger partial charge is 0.312 e. The molecular formula is C16H22ClNO7S2. The molecule has 8 nitrogen and oxygen atoms in total. The second-order valence-electron chi connectivity index (χ2n) is 6.52. The quantitative estimate of drug-likeness (QED) is 0.540. The third-order valence-electron chi connectivity index (χ3n) is 4.41. The van der Waals surface area contributed by atoms with Gasteiger partial charge < -0.3 is 4.90 Å². The van der Waals surface area contributed by atoms with E-state index in [1.54, 1.807) is 29.2 Å². The maximum absolute atomic E-state index is 13.1. The smallest absolute Gasteiger partial charge is 0.264 e. The van der Waals surface area contributed by atoms with Crippen molar-refractivity contribution in [3.63, 3.8) is 0 Å². The van der Waals surface area contributed by atoms with Gasteiger partial charge in [0.1, 0.15) is 0 Å². The topological polar surface area (TPSA) is 107 Å². The number of amides is 1. The third kappa shape index (κ3) is 6.42. The van der Waals surface area contributed by atoms with Gasteiger partial charge >= 0.3 is 0 Å². The first-order valence-electron chi connectivity index (χ1n) is 8.18. The van der Waals surface area contributed by atoms with Crippen LogP contribution >= 0.6 is 11.6 Å². The van der Waals surface area contributed by atoms with Crippen molar-refractivity contribution in [1.29, 1.82) is 0 Å². The summed E-state index contributed by atoms with van der Waals surface area (Å²) in [5, 5.41) is 0.541. The van der Waals surface area contributed by atoms with E-state index in [0.717, 1.165) is 12.5 Å². The molecule has 1 heterocycles. The summed E-state index contributed by atoms with van der Waals surface area (Å²) in [4.78, 5) is 14.7. The summed E-state index contributed by atoms with van der Waals surface area (Å²) in [6, 6.07) is 6.78. The second-order valence-corrected chi connectivity index (χ2v) is 10.2. The molecule has 0 atom stereocenters. The van der Waals surface area contributed by atoms with Gasteiger partial charge in [0.25, 0.3) is 20.2 Å². The van der Waals surface area contributed by atoms with E-state index in [-0.39, 0.29) is 32.0 Å². The van der Waals surface area contributed by atoms with Crippen molar-refractivity contribution in [1.82, 2.24) is 0 Å². The van der Waals surface area contributed by atoms with Gasteiger partial charge in [-0.05, 0) is 43.5 Å². The first-order chi connectivity index (χ1) is 12.4. The van der Waals surface area contributed by atoms with Crippen molar-refractivity contribution in [2.75, 3.05) is 37.2 Å². The van der Waals surface area contributed by atoms with E-state index in [0.29, 0.717) is 23.7 Å². The van der Waals surface area contributed by atoms with Crippen molar-refractivity contribution in [2.45, 2.75) is 19.3 Å². The molecule has 1 aliphatic rings. The number of carbonyl (C=O) groups excluding carboxylic acids is 1. The highest BCUT2D eigenvalue weighted by molar-refractivity contribution is 7.86. The summed E-state index contributed by atoms with van der Waals surface area (Å²) in [7, 11) is -7.28. The molecule has 1 aliphatic heterocycles. The van der Waals surface area contributed by atoms with Crippen molar-refractivity contribution in [2.24, 2.45) is 5.41 Å². The minimum absolute atomic E-state index is 0.135. The Labute approximate surface area is 164 Å². The zero-order valence-corrected chi connectivity index (χ0v) is 17.4. The molecule has 1 aromatic carbocycles. The number of carbonyl (C=O) groups is 1. The standard InChI is InChI=1S/C16H22ClNO7S2/c1-26(20,21)24-11-8-16(9-12-25-27(2,22)23)7-10-18(15(16)19)14-5-3-13(17)4-6-14/h3-6H,7-12H2,1-2H3. The van der Waals surface area contributed by atoms with Gasteiger partial charge in [-0.2, -0.15) is 16.8 Å². The highest BCUT2D eigenvalue weighted by Crippen LogP contribution is 2.41. The normalized spacial score (nSPS) is 17.4. The van der Waals surface area contributed by atoms with Crippen LogP contribution in [0.2, 0.25) is 5.02 Å². The van der Waals surface area contributed by atoms with Crippen LogP contribution in [0, 0.1) is 5.41 Å². The molecule has 27 heavy (non-hydrogen) atoms. The van der Waals surface area contributed by atoms with Gasteiger partial charge in [-0.15, -0.1) is 0 Å². The van der Waals surface area contributed by atoms with Crippen LogP contribution in [-0.4, -0.2) is 55.0 Å². The van der Waals surface area contributed by atoms with E-state index in [9.17, 15) is 21.6 Å². The summed E-state index contributed by atoms with van der Waals surface area (Å²) in [6.45, 7) is 0.0774. The SMILES string of the molecule is CS(=O)(=O)OCCC1(CCOS(C)(=O)=O)CCN(c2ccc(Cl)cc2)C1=O. The number of halogens is 1. The first-order valence-corrected chi connectivity index (χ1v) is 12.2. The fraction of sp³-hybridized carbons (Fsp3) is 0.562. The Kier molecular flexibility index (Phi) is 6.91. The molecule has 1 amide bonds. The van der Waals surface area contributed by atoms with E-state index >= 15 is 0 Å². The lowest BCUT2D eigenvalue weighted by Gasteiger charge is -2.27. The summed E-state index contributed by atoms with van der Waals surface area (Å²) >= 11 is 5.88. The lowest BCUT2D eigenvalue weighted by molar-refractivity contribution is -0.127. The molecule has 0 N–H and O–H groups in total. The summed E-state index contributed by atoms with van der Waals surface area (Å²) < 4.78 is 54.5. The van der Waals surface area contributed by atoms with Gasteiger partial charge in [0, 0.05) is 17.3 Å². The Bertz CT molecular complexity index is 844. The monoisotopic (exact) mass is 439 g/mol. The van der Waals surface area contributed by atoms with Crippen LogP contribution in [0.4, 0.5) is 5.69 Å². The summed E-state index contributed by atoms with van der Waals surface area (Å²) in [5.41, 5.74) is -0.297. The second kappa shape index (κ2) is 8.44. The minimum Gasteiger partial charge on any atom is -0.312 e. The molecule has 1 aromatic rings. The van der Waals surface area contributed by atoms with Gasteiger partial charge in [0.05, 0.1) is 31.1 Å². The Hall–Kier alpha value is -1.20. The molecule has 1 fully saturated rings. The molecule has 0 unspecified atom stereocenters. The van der Waals surface area contributed by atoms with Gasteiger partial charge in [-0.1, -0.05) is 11.6 Å². The summed E-state index contributed by atoms with van der Waals surface area (Å²) in [6.07, 6.45) is 2.56. The van der Waals surface area contributed by atoms with Crippen molar-refractivity contribution in [3.8, 4) is 0 Å². The first kappa shape index (κ1) is 22.1. The molecule has 152 valence electrons. The van der Waals surface area contributed by atoms with E-state index in [2.05, 4.69) is 0 Å². The lowest BCUT2D eigenvalue weighted by Crippen LogP contribution is -2.37. The van der Waals surface area contributed by atoms with Crippen LogP contribution in [0.3, 0.4) is 0 Å². The fourth-order valence-corrected chi connectivity index (χ4v) is 3.95. The molecule has 1 saturated heterocycles. The van der Waals surface area contributed by atoms with E-state index in [4.69, 9.17) is 20.0 Å². The Morgan fingerprint density at radius 1 is 1.00 bits per heavy atom. The number of rotatable bonds is 9. The minimum atomic E-state index is -3.64. The zero-order chi connectivity index (χ0) is 20.3. The molecular weight excluding hydrogens is 418 g/mol. The van der Waals surface area contributed by atoms with Gasteiger partial charge in [0.15, 0.2) is 0 Å². The van der Waals surface area contributed by atoms with Crippen LogP contribution in [0.25, 0.3) is 0 Å². The fourth-order valence-electron chi connectivity index (χ4n) is 3.05. The van der Waals surface area contributed by atoms with E-state index in [1.165, 1.54) is 0 Å². The van der Waals surface area contributed by atoms with E-state index < -0.39 is 25.7 Å². The molecule has 0 aliphatic carbocycles. The predicted octanol–water partition coefficient (Wildman–Crippen LogP) is 1.80. The van der Waals surface area contributed by atoms with Gasteiger partial charge in [-0.25, -0.2) is 0 Å². The number of benzene rings is 1. The average Bonchev–Trinajstić information content (AvgIpc) is 2.83. The average molecular weight is 440 g/mol. The van der Waals surface area contributed by atoms with Crippen LogP contribution < -0.4 is 4.90 Å². The van der Waals surface area contributed by atoms with E-state index in [1.807, 2.05) is 0 Å². The third-order valence-corrected chi connectivity index (χ3v) is 5.85. The number of nitrogens with zero attached hydrogens (tertiary/aromatic N) is 1. The highest BCUT2D eigenvalue weighted by atomic mass is 35.5. The summed E-state index contributed by atoms with van der Waals surface area (Å²) in [5.74, 6) is -0.223. The van der Waals surface area contributed by atoms with Gasteiger partial charge in [-0.3, -0.25) is 13.2 Å². The van der Waals surface area contributed by atoms with Crippen LogP contribution in [0.1, 0.15) is 19.3 Å². The molecule has 0 spiro atoms. The van der Waals surface area contributed by atoms with Gasteiger partial charge in [0.2, 0.25) is 5.91 Å². The van der Waals surface area contributed by atoms with Crippen molar-refractivity contribution in [3.05, 3.63) is 29.3 Å². The Morgan fingerprint density at radius 2 is 1.48 bits per heavy atom. The maximum Gasteiger partial charge on any atom is 0.264 e.